The van der Waals surface area contributed by atoms with Crippen molar-refractivity contribution in [2.75, 3.05) is 5.32 Å². The Morgan fingerprint density at radius 3 is 2.38 bits per heavy atom. The molecule has 3 rings (SSSR count). The molecule has 34 heavy (non-hydrogen) atoms. The zero-order valence-electron chi connectivity index (χ0n) is 18.4. The van der Waals surface area contributed by atoms with Gasteiger partial charge in [-0.05, 0) is 37.1 Å². The second-order valence-electron chi connectivity index (χ2n) is 7.86. The summed E-state index contributed by atoms with van der Waals surface area (Å²) in [5, 5.41) is 25.5. The molecule has 0 aliphatic carbocycles. The Morgan fingerprint density at radius 2 is 1.76 bits per heavy atom. The topological polar surface area (TPSA) is 121 Å². The van der Waals surface area contributed by atoms with Crippen LogP contribution in [0.2, 0.25) is 10.0 Å². The lowest BCUT2D eigenvalue weighted by Gasteiger charge is -2.19. The highest BCUT2D eigenvalue weighted by Crippen LogP contribution is 2.26. The first kappa shape index (κ1) is 25.1. The van der Waals surface area contributed by atoms with Crippen LogP contribution >= 0.6 is 23.2 Å². The number of pyridine rings is 1. The first-order valence-electron chi connectivity index (χ1n) is 10.3. The molecule has 0 fully saturated rings. The van der Waals surface area contributed by atoms with Crippen LogP contribution in [0.1, 0.15) is 34.7 Å². The Labute approximate surface area is 205 Å². The number of aromatic nitrogens is 1. The van der Waals surface area contributed by atoms with Gasteiger partial charge in [0.1, 0.15) is 5.75 Å². The number of halogens is 2. The Balaban J connectivity index is 1.87. The van der Waals surface area contributed by atoms with Crippen LogP contribution < -0.4 is 16.2 Å². The van der Waals surface area contributed by atoms with Gasteiger partial charge in [-0.2, -0.15) is 0 Å². The van der Waals surface area contributed by atoms with Gasteiger partial charge in [0, 0.05) is 21.8 Å². The summed E-state index contributed by atoms with van der Waals surface area (Å²) in [6.45, 7) is 3.55. The summed E-state index contributed by atoms with van der Waals surface area (Å²) < 4.78 is 1.30. The highest BCUT2D eigenvalue weighted by Gasteiger charge is 2.21. The average molecular weight is 504 g/mol. The average Bonchev–Trinajstić information content (AvgIpc) is 2.76. The molecule has 0 aliphatic rings. The number of anilines is 1. The van der Waals surface area contributed by atoms with Crippen LogP contribution in [0.15, 0.2) is 53.5 Å². The Hall–Kier alpha value is -3.49. The SMILES string of the molecule is Cc1ccc([C@H](CC(=O)O)NC(=O)Nc2c(O)c(C)cn(Cc3ccc(Cl)cc3Cl)c2=O)cc1. The molecule has 2 amide bonds. The zero-order chi connectivity index (χ0) is 25.0. The van der Waals surface area contributed by atoms with E-state index in [4.69, 9.17) is 23.2 Å². The van der Waals surface area contributed by atoms with E-state index < -0.39 is 23.6 Å². The van der Waals surface area contributed by atoms with Gasteiger partial charge in [0.15, 0.2) is 5.69 Å². The van der Waals surface area contributed by atoms with Crippen molar-refractivity contribution in [3.05, 3.63) is 91.3 Å². The highest BCUT2D eigenvalue weighted by molar-refractivity contribution is 6.35. The van der Waals surface area contributed by atoms with Gasteiger partial charge < -0.3 is 25.4 Å². The quantitative estimate of drug-likeness (QED) is 0.366. The molecule has 1 heterocycles. The molecule has 0 bridgehead atoms. The van der Waals surface area contributed by atoms with E-state index in [9.17, 15) is 24.6 Å². The number of amides is 2. The largest absolute Gasteiger partial charge is 0.505 e. The minimum Gasteiger partial charge on any atom is -0.505 e. The van der Waals surface area contributed by atoms with Gasteiger partial charge >= 0.3 is 12.0 Å². The number of nitrogens with zero attached hydrogens (tertiary/aromatic N) is 1. The summed E-state index contributed by atoms with van der Waals surface area (Å²) >= 11 is 12.1. The maximum absolute atomic E-state index is 13.0. The Bertz CT molecular complexity index is 1290. The van der Waals surface area contributed by atoms with Crippen molar-refractivity contribution < 1.29 is 19.8 Å². The Kier molecular flexibility index (Phi) is 7.86. The van der Waals surface area contributed by atoms with Gasteiger partial charge in [-0.1, -0.05) is 59.1 Å². The van der Waals surface area contributed by atoms with E-state index in [1.165, 1.54) is 10.8 Å². The van der Waals surface area contributed by atoms with Crippen molar-refractivity contribution in [2.45, 2.75) is 32.9 Å². The third kappa shape index (κ3) is 6.09. The standard InChI is InChI=1S/C24H23Cl2N3O5/c1-13-3-5-15(6-4-13)19(10-20(30)31)27-24(34)28-21-22(32)14(2)11-29(23(21)33)12-16-7-8-17(25)9-18(16)26/h3-9,11,19,32H,10,12H2,1-2H3,(H,30,31)(H2,27,28,34)/t19-/m0/s1. The van der Waals surface area contributed by atoms with E-state index in [-0.39, 0.29) is 24.4 Å². The van der Waals surface area contributed by atoms with Crippen LogP contribution in [0.5, 0.6) is 5.75 Å². The summed E-state index contributed by atoms with van der Waals surface area (Å²) in [5.41, 5.74) is 1.55. The van der Waals surface area contributed by atoms with E-state index in [1.54, 1.807) is 49.4 Å². The van der Waals surface area contributed by atoms with E-state index in [1.807, 2.05) is 6.92 Å². The number of nitrogens with one attached hydrogen (secondary N) is 2. The fourth-order valence-electron chi connectivity index (χ4n) is 3.39. The fourth-order valence-corrected chi connectivity index (χ4v) is 3.86. The van der Waals surface area contributed by atoms with Crippen LogP contribution in [0.4, 0.5) is 10.5 Å². The summed E-state index contributed by atoms with van der Waals surface area (Å²) in [5.74, 6) is -1.49. The highest BCUT2D eigenvalue weighted by atomic mass is 35.5. The predicted octanol–water partition coefficient (Wildman–Crippen LogP) is 4.86. The molecule has 0 radical (unpaired) electrons. The molecule has 0 spiro atoms. The number of hydrogen-bond donors (Lipinski definition) is 4. The van der Waals surface area contributed by atoms with E-state index in [0.717, 1.165) is 5.56 Å². The van der Waals surface area contributed by atoms with Crippen molar-refractivity contribution in [3.63, 3.8) is 0 Å². The number of carbonyl (C=O) groups excluding carboxylic acids is 1. The maximum Gasteiger partial charge on any atom is 0.319 e. The van der Waals surface area contributed by atoms with E-state index in [2.05, 4.69) is 10.6 Å². The third-order valence-electron chi connectivity index (χ3n) is 5.19. The lowest BCUT2D eigenvalue weighted by Crippen LogP contribution is -2.36. The number of urea groups is 1. The molecule has 0 saturated carbocycles. The first-order chi connectivity index (χ1) is 16.0. The van der Waals surface area contributed by atoms with Crippen molar-refractivity contribution in [2.24, 2.45) is 0 Å². The second-order valence-corrected chi connectivity index (χ2v) is 8.71. The smallest absolute Gasteiger partial charge is 0.319 e. The van der Waals surface area contributed by atoms with Crippen molar-refractivity contribution >= 4 is 40.9 Å². The van der Waals surface area contributed by atoms with Gasteiger partial charge in [-0.15, -0.1) is 0 Å². The van der Waals surface area contributed by atoms with Gasteiger partial charge in [-0.25, -0.2) is 4.79 Å². The van der Waals surface area contributed by atoms with Crippen LogP contribution in [-0.4, -0.2) is 26.8 Å². The van der Waals surface area contributed by atoms with Crippen LogP contribution in [0.3, 0.4) is 0 Å². The predicted molar refractivity (Wildman–Crippen MR) is 131 cm³/mol. The number of aromatic hydroxyl groups is 1. The molecule has 10 heteroatoms. The van der Waals surface area contributed by atoms with Gasteiger partial charge in [-0.3, -0.25) is 9.59 Å². The number of benzene rings is 2. The lowest BCUT2D eigenvalue weighted by atomic mass is 10.0. The van der Waals surface area contributed by atoms with Crippen molar-refractivity contribution in [3.8, 4) is 5.75 Å². The molecule has 2 aromatic carbocycles. The molecule has 1 atom stereocenters. The normalized spacial score (nSPS) is 11.6. The number of aryl methyl sites for hydroxylation is 2. The molecular formula is C24H23Cl2N3O5. The summed E-state index contributed by atoms with van der Waals surface area (Å²) in [6, 6.07) is 10.2. The van der Waals surface area contributed by atoms with Crippen LogP contribution in [0, 0.1) is 13.8 Å². The van der Waals surface area contributed by atoms with E-state index in [0.29, 0.717) is 26.7 Å². The molecule has 3 aromatic rings. The number of rotatable bonds is 7. The summed E-state index contributed by atoms with van der Waals surface area (Å²) in [4.78, 5) is 37.1. The van der Waals surface area contributed by atoms with Gasteiger partial charge in [0.05, 0.1) is 19.0 Å². The molecule has 0 aliphatic heterocycles. The van der Waals surface area contributed by atoms with E-state index >= 15 is 0 Å². The van der Waals surface area contributed by atoms with Crippen LogP contribution in [0.25, 0.3) is 0 Å². The maximum atomic E-state index is 13.0. The summed E-state index contributed by atoms with van der Waals surface area (Å²) in [6.07, 6.45) is 1.08. The number of hydrogen-bond acceptors (Lipinski definition) is 4. The molecule has 1 aromatic heterocycles. The molecular weight excluding hydrogens is 481 g/mol. The van der Waals surface area contributed by atoms with Gasteiger partial charge in [0.25, 0.3) is 5.56 Å². The second kappa shape index (κ2) is 10.6. The molecule has 4 N–H and O–H groups in total. The molecule has 0 saturated heterocycles. The number of carboxylic acids is 1. The minimum atomic E-state index is -1.11. The van der Waals surface area contributed by atoms with Crippen molar-refractivity contribution in [1.29, 1.82) is 0 Å². The van der Waals surface area contributed by atoms with Gasteiger partial charge in [0.2, 0.25) is 0 Å². The Morgan fingerprint density at radius 1 is 1.09 bits per heavy atom. The lowest BCUT2D eigenvalue weighted by molar-refractivity contribution is -0.137. The summed E-state index contributed by atoms with van der Waals surface area (Å²) in [7, 11) is 0. The molecule has 178 valence electrons. The minimum absolute atomic E-state index is 0.0806. The number of carbonyl (C=O) groups is 2. The zero-order valence-corrected chi connectivity index (χ0v) is 19.9. The monoisotopic (exact) mass is 503 g/mol. The fraction of sp³-hybridized carbons (Fsp3) is 0.208. The molecule has 8 nitrogen and oxygen atoms in total. The number of carboxylic acid groups (broad SMARTS) is 1. The van der Waals surface area contributed by atoms with Crippen molar-refractivity contribution in [1.82, 2.24) is 9.88 Å². The third-order valence-corrected chi connectivity index (χ3v) is 5.78. The van der Waals surface area contributed by atoms with Crippen LogP contribution in [-0.2, 0) is 11.3 Å². The first-order valence-corrected chi connectivity index (χ1v) is 11.0. The number of aliphatic carboxylic acids is 1. The molecule has 0 unspecified atom stereocenters.